The number of hydrogen-bond donors (Lipinski definition) is 2. The smallest absolute Gasteiger partial charge is 0.0910 e. The van der Waals surface area contributed by atoms with Gasteiger partial charge in [-0.25, -0.2) is 4.99 Å². The summed E-state index contributed by atoms with van der Waals surface area (Å²) in [7, 11) is 0. The fourth-order valence-corrected chi connectivity index (χ4v) is 3.59. The number of hydrogen-bond acceptors (Lipinski definition) is 2. The van der Waals surface area contributed by atoms with E-state index in [9.17, 15) is 0 Å². The molecule has 0 bridgehead atoms. The average Bonchev–Trinajstić information content (AvgIpc) is 3.14. The van der Waals surface area contributed by atoms with Gasteiger partial charge < -0.3 is 10.3 Å². The van der Waals surface area contributed by atoms with Crippen molar-refractivity contribution >= 4 is 5.71 Å². The molecule has 130 valence electrons. The second-order valence-corrected chi connectivity index (χ2v) is 8.13. The molecule has 24 heavy (non-hydrogen) atoms. The third-order valence-electron chi connectivity index (χ3n) is 5.02. The molecule has 0 radical (unpaired) electrons. The molecule has 3 rings (SSSR count). The molecule has 2 N–H and O–H groups in total. The van der Waals surface area contributed by atoms with Crippen molar-refractivity contribution in [1.29, 1.82) is 0 Å². The molecule has 0 aromatic carbocycles. The maximum Gasteiger partial charge on any atom is 0.0910 e. The van der Waals surface area contributed by atoms with Gasteiger partial charge in [-0.3, -0.25) is 0 Å². The molecule has 1 fully saturated rings. The second-order valence-electron chi connectivity index (χ2n) is 8.13. The zero-order valence-corrected chi connectivity index (χ0v) is 15.4. The van der Waals surface area contributed by atoms with Crippen LogP contribution in [0.2, 0.25) is 0 Å². The van der Waals surface area contributed by atoms with Crippen LogP contribution in [0.3, 0.4) is 0 Å². The Morgan fingerprint density at radius 3 is 2.46 bits per heavy atom. The van der Waals surface area contributed by atoms with Gasteiger partial charge in [0.15, 0.2) is 0 Å². The summed E-state index contributed by atoms with van der Waals surface area (Å²) in [4.78, 5) is 8.20. The first-order valence-corrected chi connectivity index (χ1v) is 9.45. The Morgan fingerprint density at radius 1 is 1.12 bits per heavy atom. The Balaban J connectivity index is 1.76. The number of rotatable bonds is 3. The summed E-state index contributed by atoms with van der Waals surface area (Å²) in [5.74, 6) is 0. The lowest BCUT2D eigenvalue weighted by atomic mass is 9.83. The minimum Gasteiger partial charge on any atom is -0.386 e. The van der Waals surface area contributed by atoms with Crippen molar-refractivity contribution in [2.45, 2.75) is 71.8 Å². The maximum atomic E-state index is 4.90. The third kappa shape index (κ3) is 4.19. The van der Waals surface area contributed by atoms with E-state index in [4.69, 9.17) is 4.99 Å². The van der Waals surface area contributed by atoms with Crippen LogP contribution in [-0.4, -0.2) is 16.7 Å². The fraction of sp³-hybridized carbons (Fsp3) is 0.571. The molecule has 1 aliphatic heterocycles. The summed E-state index contributed by atoms with van der Waals surface area (Å²) < 4.78 is 0. The quantitative estimate of drug-likeness (QED) is 0.774. The van der Waals surface area contributed by atoms with Crippen molar-refractivity contribution in [3.8, 4) is 0 Å². The summed E-state index contributed by atoms with van der Waals surface area (Å²) in [6.07, 6.45) is 15.8. The second kappa shape index (κ2) is 7.42. The molecule has 1 aromatic rings. The number of allylic oxidation sites excluding steroid dienone is 2. The predicted octanol–water partition coefficient (Wildman–Crippen LogP) is 5.33. The Kier molecular flexibility index (Phi) is 5.27. The highest BCUT2D eigenvalue weighted by atomic mass is 14.9. The van der Waals surface area contributed by atoms with E-state index in [0.29, 0.717) is 6.04 Å². The minimum atomic E-state index is 0.0831. The average molecular weight is 325 g/mol. The van der Waals surface area contributed by atoms with Crippen molar-refractivity contribution in [2.24, 2.45) is 10.4 Å². The van der Waals surface area contributed by atoms with Gasteiger partial charge in [-0.2, -0.15) is 0 Å². The molecule has 2 heterocycles. The monoisotopic (exact) mass is 325 g/mol. The molecule has 3 nitrogen and oxygen atoms in total. The first kappa shape index (κ1) is 17.1. The van der Waals surface area contributed by atoms with Crippen molar-refractivity contribution in [3.63, 3.8) is 0 Å². The van der Waals surface area contributed by atoms with E-state index < -0.39 is 0 Å². The standard InChI is InChI=1S/C21H31N3/c1-21(2,3)18-14-17(24-20(18)19-12-9-13-22-19)15-23-16-10-7-5-4-6-8-11-16/h9,12-16,22-23H,4-8,10-11H2,1-3H3/b17-15+. The van der Waals surface area contributed by atoms with Gasteiger partial charge in [-0.1, -0.05) is 52.9 Å². The Bertz CT molecular complexity index is 619. The lowest BCUT2D eigenvalue weighted by Crippen LogP contribution is -2.25. The first-order valence-electron chi connectivity index (χ1n) is 9.45. The molecule has 1 aliphatic carbocycles. The van der Waals surface area contributed by atoms with Gasteiger partial charge in [0.2, 0.25) is 0 Å². The van der Waals surface area contributed by atoms with Crippen molar-refractivity contribution in [2.75, 3.05) is 0 Å². The number of nitrogens with one attached hydrogen (secondary N) is 2. The van der Waals surface area contributed by atoms with Crippen LogP contribution >= 0.6 is 0 Å². The number of H-pyrrole nitrogens is 1. The van der Waals surface area contributed by atoms with E-state index in [1.807, 2.05) is 12.3 Å². The topological polar surface area (TPSA) is 40.2 Å². The van der Waals surface area contributed by atoms with Crippen LogP contribution in [0.15, 0.2) is 46.9 Å². The normalized spacial score (nSPS) is 22.0. The van der Waals surface area contributed by atoms with E-state index in [2.05, 4.69) is 49.4 Å². The van der Waals surface area contributed by atoms with Crippen LogP contribution in [0.5, 0.6) is 0 Å². The van der Waals surface area contributed by atoms with Gasteiger partial charge in [0.1, 0.15) is 0 Å². The highest BCUT2D eigenvalue weighted by Crippen LogP contribution is 2.34. The van der Waals surface area contributed by atoms with Gasteiger partial charge >= 0.3 is 0 Å². The zero-order valence-electron chi connectivity index (χ0n) is 15.4. The van der Waals surface area contributed by atoms with Gasteiger partial charge in [-0.05, 0) is 42.0 Å². The van der Waals surface area contributed by atoms with Gasteiger partial charge in [0.25, 0.3) is 0 Å². The summed E-state index contributed by atoms with van der Waals surface area (Å²) >= 11 is 0. The van der Waals surface area contributed by atoms with E-state index >= 15 is 0 Å². The predicted molar refractivity (Wildman–Crippen MR) is 102 cm³/mol. The van der Waals surface area contributed by atoms with E-state index in [0.717, 1.165) is 17.1 Å². The van der Waals surface area contributed by atoms with Crippen molar-refractivity contribution in [3.05, 3.63) is 47.6 Å². The lowest BCUT2D eigenvalue weighted by molar-refractivity contribution is 0.419. The van der Waals surface area contributed by atoms with E-state index in [-0.39, 0.29) is 5.41 Å². The van der Waals surface area contributed by atoms with Crippen LogP contribution in [0.25, 0.3) is 0 Å². The van der Waals surface area contributed by atoms with Crippen LogP contribution in [0.1, 0.15) is 71.4 Å². The van der Waals surface area contributed by atoms with Crippen LogP contribution in [-0.2, 0) is 0 Å². The van der Waals surface area contributed by atoms with Gasteiger partial charge in [0, 0.05) is 18.4 Å². The number of aromatic nitrogens is 1. The molecule has 3 heteroatoms. The minimum absolute atomic E-state index is 0.0831. The molecule has 0 saturated heterocycles. The Labute approximate surface area is 146 Å². The van der Waals surface area contributed by atoms with Crippen molar-refractivity contribution in [1.82, 2.24) is 10.3 Å². The van der Waals surface area contributed by atoms with Crippen LogP contribution < -0.4 is 5.32 Å². The lowest BCUT2D eigenvalue weighted by Gasteiger charge is -2.21. The molecule has 2 aliphatic rings. The molecule has 0 atom stereocenters. The molecule has 0 amide bonds. The van der Waals surface area contributed by atoms with E-state index in [1.165, 1.54) is 50.5 Å². The van der Waals surface area contributed by atoms with E-state index in [1.54, 1.807) is 0 Å². The highest BCUT2D eigenvalue weighted by molar-refractivity contribution is 6.14. The number of nitrogens with zero attached hydrogens (tertiary/aromatic N) is 1. The van der Waals surface area contributed by atoms with Crippen LogP contribution in [0.4, 0.5) is 0 Å². The summed E-state index contributed by atoms with van der Waals surface area (Å²) in [6.45, 7) is 6.76. The van der Waals surface area contributed by atoms with Crippen molar-refractivity contribution < 1.29 is 0 Å². The largest absolute Gasteiger partial charge is 0.386 e. The Morgan fingerprint density at radius 2 is 1.83 bits per heavy atom. The number of aromatic amines is 1. The summed E-state index contributed by atoms with van der Waals surface area (Å²) in [5, 5.41) is 3.65. The maximum absolute atomic E-state index is 4.90. The highest BCUT2D eigenvalue weighted by Gasteiger charge is 2.27. The number of aliphatic imine (C=N–C) groups is 1. The molecular formula is C21H31N3. The molecule has 0 unspecified atom stereocenters. The summed E-state index contributed by atoms with van der Waals surface area (Å²) in [5.41, 5.74) is 4.62. The molecule has 1 aromatic heterocycles. The molecule has 0 spiro atoms. The van der Waals surface area contributed by atoms with Crippen LogP contribution in [0, 0.1) is 5.41 Å². The molecular weight excluding hydrogens is 294 g/mol. The van der Waals surface area contributed by atoms with Gasteiger partial charge in [0.05, 0.1) is 17.1 Å². The first-order chi connectivity index (χ1) is 11.5. The summed E-state index contributed by atoms with van der Waals surface area (Å²) in [6, 6.07) is 4.74. The third-order valence-corrected chi connectivity index (χ3v) is 5.02. The molecule has 1 saturated carbocycles. The zero-order chi connectivity index (χ0) is 17.0. The SMILES string of the molecule is CC(C)(C)C1=C/C(=C\NC2CCCCCCC2)N=C1c1ccc[nH]1. The Hall–Kier alpha value is -1.77. The fourth-order valence-electron chi connectivity index (χ4n) is 3.59. The van der Waals surface area contributed by atoms with Gasteiger partial charge in [-0.15, -0.1) is 0 Å².